The lowest BCUT2D eigenvalue weighted by Gasteiger charge is -2.14. The smallest absolute Gasteiger partial charge is 0.251 e. The molecule has 4 nitrogen and oxygen atoms in total. The molecule has 0 unspecified atom stereocenters. The van der Waals surface area contributed by atoms with E-state index in [1.807, 2.05) is 6.92 Å². The third kappa shape index (κ3) is 4.42. The van der Waals surface area contributed by atoms with Crippen molar-refractivity contribution in [3.8, 4) is 0 Å². The van der Waals surface area contributed by atoms with E-state index in [-0.39, 0.29) is 17.9 Å². The molecule has 0 fully saturated rings. The molecule has 2 aromatic rings. The number of carbonyl (C=O) groups excluding carboxylic acids is 2. The highest BCUT2D eigenvalue weighted by atomic mass is 32.1. The molecule has 0 spiro atoms. The standard InChI is InChI=1S/C18H22N2O2S/c1-5-17(21)20-15-8-6-7-14(10-15)18(22)19-12(3)16-9-11(2)23-13(16)4/h6-10,12H,5H2,1-4H3,(H,19,22)(H,20,21)/t12-/m0/s1. The summed E-state index contributed by atoms with van der Waals surface area (Å²) in [4.78, 5) is 26.3. The quantitative estimate of drug-likeness (QED) is 0.863. The van der Waals surface area contributed by atoms with Crippen molar-refractivity contribution in [1.29, 1.82) is 0 Å². The summed E-state index contributed by atoms with van der Waals surface area (Å²) < 4.78 is 0. The summed E-state index contributed by atoms with van der Waals surface area (Å²) >= 11 is 1.73. The van der Waals surface area contributed by atoms with Gasteiger partial charge in [0.2, 0.25) is 5.91 Å². The summed E-state index contributed by atoms with van der Waals surface area (Å²) in [6.45, 7) is 7.90. The fourth-order valence-corrected chi connectivity index (χ4v) is 3.45. The lowest BCUT2D eigenvalue weighted by atomic mass is 10.1. The number of aryl methyl sites for hydroxylation is 2. The molecule has 2 amide bonds. The number of rotatable bonds is 5. The molecule has 0 bridgehead atoms. The van der Waals surface area contributed by atoms with Gasteiger partial charge in [-0.25, -0.2) is 0 Å². The topological polar surface area (TPSA) is 58.2 Å². The minimum Gasteiger partial charge on any atom is -0.345 e. The molecule has 0 saturated carbocycles. The summed E-state index contributed by atoms with van der Waals surface area (Å²) in [5, 5.41) is 5.78. The van der Waals surface area contributed by atoms with Crippen molar-refractivity contribution >= 4 is 28.8 Å². The molecule has 23 heavy (non-hydrogen) atoms. The SMILES string of the molecule is CCC(=O)Nc1cccc(C(=O)N[C@@H](C)c2cc(C)sc2C)c1. The lowest BCUT2D eigenvalue weighted by Crippen LogP contribution is -2.26. The van der Waals surface area contributed by atoms with Crippen molar-refractivity contribution in [2.24, 2.45) is 0 Å². The molecular weight excluding hydrogens is 308 g/mol. The van der Waals surface area contributed by atoms with Gasteiger partial charge in [-0.3, -0.25) is 9.59 Å². The molecule has 1 heterocycles. The number of anilines is 1. The normalized spacial score (nSPS) is 11.8. The van der Waals surface area contributed by atoms with Gasteiger partial charge in [0.1, 0.15) is 0 Å². The van der Waals surface area contributed by atoms with Gasteiger partial charge in [-0.15, -0.1) is 11.3 Å². The van der Waals surface area contributed by atoms with E-state index in [4.69, 9.17) is 0 Å². The summed E-state index contributed by atoms with van der Waals surface area (Å²) in [6.07, 6.45) is 0.407. The zero-order valence-electron chi connectivity index (χ0n) is 13.9. The van der Waals surface area contributed by atoms with E-state index in [9.17, 15) is 9.59 Å². The van der Waals surface area contributed by atoms with Gasteiger partial charge in [-0.2, -0.15) is 0 Å². The predicted octanol–water partition coefficient (Wildman–Crippen LogP) is 4.20. The van der Waals surface area contributed by atoms with Gasteiger partial charge in [0.25, 0.3) is 5.91 Å². The summed E-state index contributed by atoms with van der Waals surface area (Å²) in [6, 6.07) is 9.05. The second-order valence-corrected chi connectivity index (χ2v) is 7.01. The van der Waals surface area contributed by atoms with Gasteiger partial charge in [0.15, 0.2) is 0 Å². The maximum atomic E-state index is 12.4. The minimum atomic E-state index is -0.145. The van der Waals surface area contributed by atoms with Crippen molar-refractivity contribution in [3.63, 3.8) is 0 Å². The van der Waals surface area contributed by atoms with Crippen molar-refractivity contribution in [3.05, 3.63) is 51.2 Å². The molecule has 122 valence electrons. The first-order chi connectivity index (χ1) is 10.9. The van der Waals surface area contributed by atoms with Gasteiger partial charge in [0, 0.05) is 27.4 Å². The summed E-state index contributed by atoms with van der Waals surface area (Å²) in [5.74, 6) is -0.214. The third-order valence-corrected chi connectivity index (χ3v) is 4.60. The zero-order chi connectivity index (χ0) is 17.0. The molecule has 1 aromatic carbocycles. The Labute approximate surface area is 140 Å². The fourth-order valence-electron chi connectivity index (χ4n) is 2.43. The lowest BCUT2D eigenvalue weighted by molar-refractivity contribution is -0.115. The van der Waals surface area contributed by atoms with Crippen LogP contribution in [0.3, 0.4) is 0 Å². The maximum absolute atomic E-state index is 12.4. The van der Waals surface area contributed by atoms with E-state index in [1.54, 1.807) is 42.5 Å². The van der Waals surface area contributed by atoms with E-state index in [0.717, 1.165) is 5.56 Å². The minimum absolute atomic E-state index is 0.0543. The van der Waals surface area contributed by atoms with Crippen molar-refractivity contribution in [2.75, 3.05) is 5.32 Å². The first-order valence-electron chi connectivity index (χ1n) is 7.68. The first-order valence-corrected chi connectivity index (χ1v) is 8.50. The largest absolute Gasteiger partial charge is 0.345 e. The van der Waals surface area contributed by atoms with Crippen molar-refractivity contribution < 1.29 is 9.59 Å². The molecular formula is C18H22N2O2S. The molecule has 0 saturated heterocycles. The van der Waals surface area contributed by atoms with Crippen LogP contribution in [0.5, 0.6) is 0 Å². The van der Waals surface area contributed by atoms with Crippen LogP contribution in [-0.4, -0.2) is 11.8 Å². The average molecular weight is 330 g/mol. The Morgan fingerprint density at radius 3 is 2.57 bits per heavy atom. The van der Waals surface area contributed by atoms with Crippen molar-refractivity contribution in [1.82, 2.24) is 5.32 Å². The van der Waals surface area contributed by atoms with E-state index in [1.165, 1.54) is 9.75 Å². The number of hydrogen-bond donors (Lipinski definition) is 2. The van der Waals surface area contributed by atoms with Crippen LogP contribution in [0.2, 0.25) is 0 Å². The number of carbonyl (C=O) groups is 2. The third-order valence-electron chi connectivity index (χ3n) is 3.62. The van der Waals surface area contributed by atoms with Gasteiger partial charge in [-0.1, -0.05) is 13.0 Å². The van der Waals surface area contributed by atoms with E-state index in [2.05, 4.69) is 30.5 Å². The van der Waals surface area contributed by atoms with Gasteiger partial charge in [0.05, 0.1) is 6.04 Å². The van der Waals surface area contributed by atoms with Crippen LogP contribution < -0.4 is 10.6 Å². The molecule has 0 aliphatic heterocycles. The highest BCUT2D eigenvalue weighted by Gasteiger charge is 2.15. The Bertz CT molecular complexity index is 722. The summed E-state index contributed by atoms with van der Waals surface area (Å²) in [7, 11) is 0. The second kappa shape index (κ2) is 7.42. The van der Waals surface area contributed by atoms with Crippen LogP contribution in [0.1, 0.15) is 52.0 Å². The van der Waals surface area contributed by atoms with Crippen LogP contribution in [0, 0.1) is 13.8 Å². The van der Waals surface area contributed by atoms with Crippen LogP contribution >= 0.6 is 11.3 Å². The van der Waals surface area contributed by atoms with E-state index in [0.29, 0.717) is 17.7 Å². The molecule has 2 rings (SSSR count). The molecule has 1 aromatic heterocycles. The molecule has 2 N–H and O–H groups in total. The number of hydrogen-bond acceptors (Lipinski definition) is 3. The van der Waals surface area contributed by atoms with Gasteiger partial charge in [-0.05, 0) is 50.6 Å². The predicted molar refractivity (Wildman–Crippen MR) is 95.0 cm³/mol. The van der Waals surface area contributed by atoms with Gasteiger partial charge >= 0.3 is 0 Å². The van der Waals surface area contributed by atoms with E-state index >= 15 is 0 Å². The zero-order valence-corrected chi connectivity index (χ0v) is 14.7. The number of amides is 2. The number of thiophene rings is 1. The number of benzene rings is 1. The Morgan fingerprint density at radius 1 is 1.22 bits per heavy atom. The van der Waals surface area contributed by atoms with Gasteiger partial charge < -0.3 is 10.6 Å². The Kier molecular flexibility index (Phi) is 5.55. The van der Waals surface area contributed by atoms with Crippen LogP contribution in [-0.2, 0) is 4.79 Å². The van der Waals surface area contributed by atoms with Crippen LogP contribution in [0.25, 0.3) is 0 Å². The Morgan fingerprint density at radius 2 is 1.96 bits per heavy atom. The second-order valence-electron chi connectivity index (χ2n) is 5.55. The van der Waals surface area contributed by atoms with Crippen LogP contribution in [0.4, 0.5) is 5.69 Å². The highest BCUT2D eigenvalue weighted by Crippen LogP contribution is 2.26. The van der Waals surface area contributed by atoms with E-state index < -0.39 is 0 Å². The highest BCUT2D eigenvalue weighted by molar-refractivity contribution is 7.12. The maximum Gasteiger partial charge on any atom is 0.251 e. The molecule has 0 aliphatic rings. The average Bonchev–Trinajstić information content (AvgIpc) is 2.86. The molecule has 1 atom stereocenters. The number of nitrogens with one attached hydrogen (secondary N) is 2. The van der Waals surface area contributed by atoms with Crippen LogP contribution in [0.15, 0.2) is 30.3 Å². The monoisotopic (exact) mass is 330 g/mol. The molecule has 0 radical (unpaired) electrons. The Balaban J connectivity index is 2.10. The summed E-state index contributed by atoms with van der Waals surface area (Å²) in [5.41, 5.74) is 2.33. The first kappa shape index (κ1) is 17.2. The van der Waals surface area contributed by atoms with Crippen molar-refractivity contribution in [2.45, 2.75) is 40.2 Å². The molecule has 5 heteroatoms. The Hall–Kier alpha value is -2.14. The molecule has 0 aliphatic carbocycles. The fraction of sp³-hybridized carbons (Fsp3) is 0.333.